The molecule has 2 rings (SSSR count). The van der Waals surface area contributed by atoms with E-state index in [-0.39, 0.29) is 15.5 Å². The van der Waals surface area contributed by atoms with Crippen molar-refractivity contribution in [2.75, 3.05) is 0 Å². The van der Waals surface area contributed by atoms with Crippen molar-refractivity contribution >= 4 is 40.3 Å². The number of benzene rings is 1. The Kier molecular flexibility index (Phi) is 3.71. The van der Waals surface area contributed by atoms with Crippen LogP contribution in [0.4, 0.5) is 8.78 Å². The van der Waals surface area contributed by atoms with Crippen LogP contribution in [0.25, 0.3) is 0 Å². The van der Waals surface area contributed by atoms with E-state index in [9.17, 15) is 13.6 Å². The minimum absolute atomic E-state index is 0.262. The van der Waals surface area contributed by atoms with E-state index < -0.39 is 17.4 Å². The van der Waals surface area contributed by atoms with E-state index in [4.69, 9.17) is 23.2 Å². The zero-order valence-corrected chi connectivity index (χ0v) is 11.4. The van der Waals surface area contributed by atoms with Crippen LogP contribution in [0.1, 0.15) is 20.8 Å². The van der Waals surface area contributed by atoms with Gasteiger partial charge in [-0.2, -0.15) is 0 Å². The van der Waals surface area contributed by atoms with Gasteiger partial charge in [0.05, 0.1) is 19.8 Å². The molecule has 1 nitrogen and oxygen atoms in total. The fourth-order valence-corrected chi connectivity index (χ4v) is 2.71. The van der Waals surface area contributed by atoms with E-state index in [1.165, 1.54) is 0 Å². The molecule has 0 saturated carbocycles. The Morgan fingerprint density at radius 3 is 2.39 bits per heavy atom. The van der Waals surface area contributed by atoms with Gasteiger partial charge in [0.15, 0.2) is 0 Å². The average molecular weight is 307 g/mol. The summed E-state index contributed by atoms with van der Waals surface area (Å²) in [7, 11) is 0. The number of rotatable bonds is 2. The summed E-state index contributed by atoms with van der Waals surface area (Å²) in [4.78, 5) is 12.3. The molecular weight excluding hydrogens is 301 g/mol. The second-order valence-electron chi connectivity index (χ2n) is 3.64. The Bertz CT molecular complexity index is 618. The first-order chi connectivity index (χ1) is 8.40. The van der Waals surface area contributed by atoms with Crippen molar-refractivity contribution in [3.8, 4) is 0 Å². The fourth-order valence-electron chi connectivity index (χ4n) is 1.40. The number of thiophene rings is 1. The molecule has 0 aliphatic heterocycles. The zero-order chi connectivity index (χ0) is 13.4. The SMILES string of the molecule is Cc1cc(C(=O)c2cc(F)c(Cl)cc2F)sc1Cl. The predicted octanol–water partition coefficient (Wildman–Crippen LogP) is 4.87. The van der Waals surface area contributed by atoms with Gasteiger partial charge in [-0.05, 0) is 30.7 Å². The highest BCUT2D eigenvalue weighted by Gasteiger charge is 2.19. The molecule has 0 atom stereocenters. The third-order valence-electron chi connectivity index (χ3n) is 2.34. The Balaban J connectivity index is 2.49. The molecule has 0 amide bonds. The number of carbonyl (C=O) groups excluding carboxylic acids is 1. The molecule has 0 N–H and O–H groups in total. The predicted molar refractivity (Wildman–Crippen MR) is 68.9 cm³/mol. The van der Waals surface area contributed by atoms with E-state index in [2.05, 4.69) is 0 Å². The minimum atomic E-state index is -0.853. The van der Waals surface area contributed by atoms with Crippen LogP contribution in [-0.4, -0.2) is 5.78 Å². The van der Waals surface area contributed by atoms with Gasteiger partial charge in [-0.3, -0.25) is 4.79 Å². The molecule has 0 saturated heterocycles. The van der Waals surface area contributed by atoms with Gasteiger partial charge in [-0.1, -0.05) is 23.2 Å². The number of ketones is 1. The Morgan fingerprint density at radius 2 is 1.83 bits per heavy atom. The second kappa shape index (κ2) is 4.96. The molecule has 0 fully saturated rings. The smallest absolute Gasteiger partial charge is 0.206 e. The first-order valence-electron chi connectivity index (χ1n) is 4.85. The lowest BCUT2D eigenvalue weighted by atomic mass is 10.1. The largest absolute Gasteiger partial charge is 0.288 e. The lowest BCUT2D eigenvalue weighted by Crippen LogP contribution is -2.03. The van der Waals surface area contributed by atoms with Gasteiger partial charge >= 0.3 is 0 Å². The van der Waals surface area contributed by atoms with E-state index in [1.807, 2.05) is 0 Å². The van der Waals surface area contributed by atoms with Gasteiger partial charge in [-0.15, -0.1) is 11.3 Å². The molecule has 1 aromatic heterocycles. The normalized spacial score (nSPS) is 10.7. The van der Waals surface area contributed by atoms with Crippen molar-refractivity contribution in [2.24, 2.45) is 0 Å². The van der Waals surface area contributed by atoms with E-state index >= 15 is 0 Å². The van der Waals surface area contributed by atoms with Crippen LogP contribution in [-0.2, 0) is 0 Å². The van der Waals surface area contributed by atoms with Crippen LogP contribution in [0.5, 0.6) is 0 Å². The average Bonchev–Trinajstić information content (AvgIpc) is 2.63. The molecule has 2 aromatic rings. The number of hydrogen-bond donors (Lipinski definition) is 0. The molecule has 1 aromatic carbocycles. The number of halogens is 4. The number of carbonyl (C=O) groups is 1. The summed E-state index contributed by atoms with van der Waals surface area (Å²) in [5, 5.41) is -0.357. The van der Waals surface area contributed by atoms with Gasteiger partial charge in [0.1, 0.15) is 11.6 Å². The molecule has 0 aliphatic rings. The Morgan fingerprint density at radius 1 is 1.17 bits per heavy atom. The minimum Gasteiger partial charge on any atom is -0.288 e. The summed E-state index contributed by atoms with van der Waals surface area (Å²) in [5.74, 6) is -2.29. The van der Waals surface area contributed by atoms with Crippen LogP contribution in [0.3, 0.4) is 0 Å². The highest BCUT2D eigenvalue weighted by atomic mass is 35.5. The van der Waals surface area contributed by atoms with Crippen molar-refractivity contribution in [2.45, 2.75) is 6.92 Å². The molecule has 0 aliphatic carbocycles. The topological polar surface area (TPSA) is 17.1 Å². The van der Waals surface area contributed by atoms with E-state index in [1.54, 1.807) is 13.0 Å². The Hall–Kier alpha value is -0.970. The standard InChI is InChI=1S/C12H6Cl2F2OS/c1-5-2-10(18-12(5)14)11(17)6-3-9(16)7(13)4-8(6)15/h2-4H,1H3. The monoisotopic (exact) mass is 306 g/mol. The summed E-state index contributed by atoms with van der Waals surface area (Å²) < 4.78 is 27.3. The molecule has 0 unspecified atom stereocenters. The molecule has 0 spiro atoms. The van der Waals surface area contributed by atoms with Crippen LogP contribution in [0.15, 0.2) is 18.2 Å². The van der Waals surface area contributed by atoms with Gasteiger partial charge in [0, 0.05) is 0 Å². The summed E-state index contributed by atoms with van der Waals surface area (Å²) in [6, 6.07) is 3.12. The van der Waals surface area contributed by atoms with Gasteiger partial charge in [0.25, 0.3) is 0 Å². The van der Waals surface area contributed by atoms with Crippen molar-refractivity contribution < 1.29 is 13.6 Å². The quantitative estimate of drug-likeness (QED) is 0.571. The highest BCUT2D eigenvalue weighted by Crippen LogP contribution is 2.30. The number of aryl methyl sites for hydroxylation is 1. The third-order valence-corrected chi connectivity index (χ3v) is 4.18. The summed E-state index contributed by atoms with van der Waals surface area (Å²) >= 11 is 12.3. The van der Waals surface area contributed by atoms with Crippen molar-refractivity contribution in [3.05, 3.63) is 55.2 Å². The lowest BCUT2D eigenvalue weighted by Gasteiger charge is -2.02. The van der Waals surface area contributed by atoms with Crippen molar-refractivity contribution in [1.82, 2.24) is 0 Å². The molecular formula is C12H6Cl2F2OS. The summed E-state index contributed by atoms with van der Waals surface area (Å²) in [6.07, 6.45) is 0. The van der Waals surface area contributed by atoms with E-state index in [0.717, 1.165) is 29.0 Å². The lowest BCUT2D eigenvalue weighted by molar-refractivity contribution is 0.103. The second-order valence-corrected chi connectivity index (χ2v) is 5.70. The van der Waals surface area contributed by atoms with Crippen LogP contribution in [0.2, 0.25) is 9.36 Å². The molecule has 18 heavy (non-hydrogen) atoms. The van der Waals surface area contributed by atoms with E-state index in [0.29, 0.717) is 4.34 Å². The van der Waals surface area contributed by atoms with Crippen LogP contribution in [0, 0.1) is 18.6 Å². The molecule has 1 heterocycles. The van der Waals surface area contributed by atoms with Crippen LogP contribution >= 0.6 is 34.5 Å². The maximum absolute atomic E-state index is 13.6. The molecule has 0 bridgehead atoms. The molecule has 0 radical (unpaired) electrons. The molecule has 6 heteroatoms. The summed E-state index contributed by atoms with van der Waals surface area (Å²) in [5.41, 5.74) is 0.370. The maximum Gasteiger partial charge on any atom is 0.206 e. The first-order valence-corrected chi connectivity index (χ1v) is 6.42. The number of hydrogen-bond acceptors (Lipinski definition) is 2. The van der Waals surface area contributed by atoms with Crippen LogP contribution < -0.4 is 0 Å². The van der Waals surface area contributed by atoms with Crippen molar-refractivity contribution in [3.63, 3.8) is 0 Å². The molecule has 94 valence electrons. The maximum atomic E-state index is 13.6. The third kappa shape index (κ3) is 2.41. The van der Waals surface area contributed by atoms with Gasteiger partial charge < -0.3 is 0 Å². The fraction of sp³-hybridized carbons (Fsp3) is 0.0833. The highest BCUT2D eigenvalue weighted by molar-refractivity contribution is 7.18. The van der Waals surface area contributed by atoms with Crippen molar-refractivity contribution in [1.29, 1.82) is 0 Å². The van der Waals surface area contributed by atoms with Gasteiger partial charge in [-0.25, -0.2) is 8.78 Å². The zero-order valence-electron chi connectivity index (χ0n) is 9.06. The van der Waals surface area contributed by atoms with Gasteiger partial charge in [0.2, 0.25) is 5.78 Å². The first kappa shape index (κ1) is 13.5. The Labute approximate surface area is 116 Å². The summed E-state index contributed by atoms with van der Waals surface area (Å²) in [6.45, 7) is 1.73.